The number of anilines is 3. The van der Waals surface area contributed by atoms with E-state index in [1.54, 1.807) is 130 Å². The van der Waals surface area contributed by atoms with Crippen molar-refractivity contribution < 1.29 is 66.8 Å². The number of nitrogens with two attached hydrogens (primary N) is 4. The number of Topliss-reactive ketones (excluding diaryl/α,β-unsaturated/α-hetero) is 1. The van der Waals surface area contributed by atoms with Gasteiger partial charge in [0.25, 0.3) is 22.6 Å². The molecule has 10 rings (SSSR count). The second kappa shape index (κ2) is 47.4. The number of esters is 3. The summed E-state index contributed by atoms with van der Waals surface area (Å²) in [4.78, 5) is 193. The van der Waals surface area contributed by atoms with Crippen LogP contribution in [0.25, 0.3) is 32.7 Å². The highest BCUT2D eigenvalue weighted by atomic mass is 127. The molecular formula is C87H119F2IN18O18. The van der Waals surface area contributed by atoms with Crippen molar-refractivity contribution in [2.45, 2.75) is 227 Å². The van der Waals surface area contributed by atoms with Crippen molar-refractivity contribution in [1.29, 1.82) is 0 Å². The Morgan fingerprint density at radius 2 is 0.802 bits per heavy atom. The van der Waals surface area contributed by atoms with Gasteiger partial charge >= 0.3 is 46.9 Å². The van der Waals surface area contributed by atoms with Crippen molar-refractivity contribution in [3.63, 3.8) is 0 Å². The van der Waals surface area contributed by atoms with E-state index in [-0.39, 0.29) is 95.6 Å². The van der Waals surface area contributed by atoms with Crippen LogP contribution in [0.5, 0.6) is 0 Å². The van der Waals surface area contributed by atoms with Gasteiger partial charge in [-0.1, -0.05) is 76.7 Å². The average Bonchev–Trinajstić information content (AvgIpc) is 0.775. The van der Waals surface area contributed by atoms with Gasteiger partial charge in [-0.2, -0.15) is 8.78 Å². The number of aromatic carboxylic acids is 1. The number of H-pyrrole nitrogens is 3. The molecule has 36 nitrogen and oxygen atoms in total. The Hall–Kier alpha value is -12.7. The van der Waals surface area contributed by atoms with Crippen LogP contribution in [0.2, 0.25) is 0 Å². The standard InChI is InChI=1S/C19H19FN4O3.C17H23N3O4.C16H25N3O3.C13H15N3O4.C9H19NO2.C7H8N2O2.C5H5FN2.CH4.HI/c1-10(2)17(14(25)6-12-4-5-22-15(20)7-12)24-18(26)16-11(3)8-21-9-13(16)23-19(24)27;1-9(2)13(15(22)24-17(4,5)6)20-14(21)12-10(3)7-18-8-11(12)19-16(20)23;1-9(2)13(15(21)22-16(4,5)6)19-14(20)12-10(3)7-18-8-11(12)17;1-6(2)10(12(18)19)16-11(17)9-7(3)4-14-5-8(9)15-13(16)20;1-6(2)7(10)8(11)12-9(3,4)5;1-4-2-9-3-5(8)6(4)7(10)11;6-5-3-4(7)1-2-8-5;;/h4-5,7-10,17H,6H2,1-3H3,(H,23,27);7-9,13H,1-6H3,(H,19,23);7-9,13H,17H2,1-6H3,(H,19,20);4-6,10H,1-3H3,(H,15,20)(H,18,19);6-7H,10H2,1-5H3;2-3H,8H2,1H3,(H,10,11);1-3H,(H2,7,8);1H4;1H/t17-;2*13-;10-;7-;;;;/m00000..../s1. The first-order valence-corrected chi connectivity index (χ1v) is 39.2. The fourth-order valence-electron chi connectivity index (χ4n) is 12.1. The van der Waals surface area contributed by atoms with Crippen LogP contribution < -0.4 is 62.0 Å². The zero-order valence-corrected chi connectivity index (χ0v) is 76.9. The van der Waals surface area contributed by atoms with Crippen molar-refractivity contribution in [2.24, 2.45) is 35.3 Å². The third-order valence-electron chi connectivity index (χ3n) is 17.7. The first kappa shape index (κ1) is 109. The highest BCUT2D eigenvalue weighted by molar-refractivity contribution is 14.0. The van der Waals surface area contributed by atoms with Gasteiger partial charge in [-0.25, -0.2) is 57.2 Å². The summed E-state index contributed by atoms with van der Waals surface area (Å²) in [6.45, 7) is 42.4. The lowest BCUT2D eigenvalue weighted by molar-refractivity contribution is -0.161. The lowest BCUT2D eigenvalue weighted by atomic mass is 9.95. The summed E-state index contributed by atoms with van der Waals surface area (Å²) in [6.07, 6.45) is 17.0. The zero-order valence-electron chi connectivity index (χ0n) is 74.6. The number of aromatic nitrogens is 13. The molecule has 0 bridgehead atoms. The van der Waals surface area contributed by atoms with E-state index in [9.17, 15) is 76.2 Å². The molecule has 10 aromatic rings. The number of hydrogen-bond donors (Lipinski definition) is 10. The van der Waals surface area contributed by atoms with Crippen molar-refractivity contribution >= 4 is 115 Å². The molecule has 0 aliphatic heterocycles. The number of carbonyl (C=O) groups is 7. The fraction of sp³-hybridized carbons (Fsp3) is 0.448. The number of aryl methyl sites for hydroxylation is 5. The SMILES string of the molecule is C.CC(C)[C@H](N)C(=O)OC(C)(C)C.Cc1cncc(N)c1C(=O)N[C@H](C(=O)OC(C)(C)C)C(C)C.Cc1cncc(N)c1C(=O)O.Cc1cncc2[nH]c(=O)n([C@H](C(=O)Cc3ccnc(F)c3)C(C)C)c(=O)c12.Cc1cncc2[nH]c(=O)n([C@H](C(=O)O)C(C)C)c(=O)c12.Cc1cncc2[nH]c(=O)n([C@H](C(=O)OC(C)(C)C)C(C)C)c(=O)c12.I.Nc1ccnc(F)c1. The highest BCUT2D eigenvalue weighted by Crippen LogP contribution is 2.25. The van der Waals surface area contributed by atoms with Gasteiger partial charge in [0.1, 0.15) is 47.0 Å². The smallest absolute Gasteiger partial charge is 0.338 e. The lowest BCUT2D eigenvalue weighted by Crippen LogP contribution is -2.47. The molecule has 0 fully saturated rings. The number of carboxylic acid groups (broad SMARTS) is 2. The van der Waals surface area contributed by atoms with Crippen molar-refractivity contribution in [3.8, 4) is 0 Å². The van der Waals surface area contributed by atoms with E-state index in [1.807, 2.05) is 48.5 Å². The van der Waals surface area contributed by atoms with Crippen LogP contribution in [-0.2, 0) is 44.6 Å². The number of aliphatic carboxylic acids is 1. The number of hydrogen-bond acceptors (Lipinski definition) is 27. The van der Waals surface area contributed by atoms with Gasteiger partial charge in [-0.3, -0.25) is 53.7 Å². The Balaban J connectivity index is 0.000000511. The molecule has 126 heavy (non-hydrogen) atoms. The summed E-state index contributed by atoms with van der Waals surface area (Å²) >= 11 is 0. The number of aromatic amines is 3. The lowest BCUT2D eigenvalue weighted by Gasteiger charge is -2.26. The number of rotatable bonds is 18. The maximum atomic E-state index is 13.3. The van der Waals surface area contributed by atoms with E-state index in [4.69, 9.17) is 42.3 Å². The van der Waals surface area contributed by atoms with Gasteiger partial charge in [0.05, 0.1) is 86.2 Å². The van der Waals surface area contributed by atoms with Crippen LogP contribution in [0.4, 0.5) is 25.8 Å². The maximum absolute atomic E-state index is 13.3. The predicted molar refractivity (Wildman–Crippen MR) is 487 cm³/mol. The van der Waals surface area contributed by atoms with Gasteiger partial charge in [-0.05, 0) is 178 Å². The Kier molecular flexibility index (Phi) is 41.2. The quantitative estimate of drug-likeness (QED) is 0.0165. The molecule has 0 aliphatic rings. The van der Waals surface area contributed by atoms with Gasteiger partial charge in [0.15, 0.2) is 5.78 Å². The first-order valence-electron chi connectivity index (χ1n) is 39.2. The molecule has 14 N–H and O–H groups in total. The van der Waals surface area contributed by atoms with Gasteiger partial charge < -0.3 is 67.6 Å². The summed E-state index contributed by atoms with van der Waals surface area (Å²) in [6, 6.07) is 0.960. The highest BCUT2D eigenvalue weighted by Gasteiger charge is 2.35. The summed E-state index contributed by atoms with van der Waals surface area (Å²) < 4.78 is 43.8. The second-order valence-electron chi connectivity index (χ2n) is 33.6. The normalized spacial score (nSPS) is 12.3. The summed E-state index contributed by atoms with van der Waals surface area (Å²) in [5, 5.41) is 21.6. The van der Waals surface area contributed by atoms with Crippen LogP contribution in [0, 0.1) is 76.1 Å². The predicted octanol–water partition coefficient (Wildman–Crippen LogP) is 10.7. The second-order valence-corrected chi connectivity index (χ2v) is 33.6. The van der Waals surface area contributed by atoms with Crippen molar-refractivity contribution in [2.75, 3.05) is 17.2 Å². The largest absolute Gasteiger partial charge is 0.480 e. The minimum Gasteiger partial charge on any atom is -0.480 e. The van der Waals surface area contributed by atoms with Crippen LogP contribution in [-0.4, -0.2) is 144 Å². The van der Waals surface area contributed by atoms with E-state index < -0.39 is 128 Å². The molecule has 39 heteroatoms. The van der Waals surface area contributed by atoms with Crippen LogP contribution in [0.15, 0.2) is 127 Å². The maximum Gasteiger partial charge on any atom is 0.338 e. The molecule has 1 amide bonds. The Labute approximate surface area is 744 Å². The molecule has 686 valence electrons. The topological polar surface area (TPSA) is 559 Å². The van der Waals surface area contributed by atoms with Crippen LogP contribution >= 0.6 is 24.0 Å². The Bertz CT molecular complexity index is 5830. The number of pyridine rings is 7. The molecule has 0 aromatic carbocycles. The third kappa shape index (κ3) is 31.2. The van der Waals surface area contributed by atoms with E-state index >= 15 is 0 Å². The number of carbonyl (C=O) groups excluding carboxylic acids is 5. The van der Waals surface area contributed by atoms with Gasteiger partial charge in [-0.15, -0.1) is 24.0 Å². The van der Waals surface area contributed by atoms with E-state index in [0.717, 1.165) is 13.7 Å². The number of amides is 1. The van der Waals surface area contributed by atoms with Crippen molar-refractivity contribution in [3.05, 3.63) is 218 Å². The number of nitrogens with zero attached hydrogens (tertiary/aromatic N) is 10. The molecule has 0 saturated heterocycles. The van der Waals surface area contributed by atoms with E-state index in [1.165, 1.54) is 86.2 Å². The summed E-state index contributed by atoms with van der Waals surface area (Å²) in [5.41, 5.74) is 22.3. The number of nitrogens with one attached hydrogen (secondary N) is 4. The van der Waals surface area contributed by atoms with Gasteiger partial charge in [0, 0.05) is 61.6 Å². The minimum absolute atomic E-state index is 0. The molecule has 10 heterocycles. The number of ketones is 1. The van der Waals surface area contributed by atoms with Crippen LogP contribution in [0.1, 0.15) is 211 Å². The number of fused-ring (bicyclic) bond motifs is 3. The summed E-state index contributed by atoms with van der Waals surface area (Å²) in [5.74, 6) is -6.57. The minimum atomic E-state index is -1.21. The molecular weight excluding hydrogens is 1750 g/mol. The van der Waals surface area contributed by atoms with E-state index in [2.05, 4.69) is 55.2 Å². The Morgan fingerprint density at radius 1 is 0.460 bits per heavy atom. The van der Waals surface area contributed by atoms with Crippen molar-refractivity contribution in [1.82, 2.24) is 68.9 Å². The summed E-state index contributed by atoms with van der Waals surface area (Å²) in [7, 11) is 0. The molecule has 0 aliphatic carbocycles. The molecule has 0 spiro atoms. The molecule has 5 atom stereocenters. The molecule has 0 radical (unpaired) electrons. The number of halogens is 3. The molecule has 10 aromatic heterocycles. The average molecular weight is 1870 g/mol. The van der Waals surface area contributed by atoms with E-state index in [0.29, 0.717) is 72.0 Å². The van der Waals surface area contributed by atoms with Gasteiger partial charge in [0.2, 0.25) is 11.9 Å². The van der Waals surface area contributed by atoms with Crippen LogP contribution in [0.3, 0.4) is 0 Å². The molecule has 0 saturated carbocycles. The number of carboxylic acids is 2. The molecule has 0 unspecified atom stereocenters. The third-order valence-corrected chi connectivity index (χ3v) is 17.7. The monoisotopic (exact) mass is 1870 g/mol. The Morgan fingerprint density at radius 3 is 1.12 bits per heavy atom. The fourth-order valence-corrected chi connectivity index (χ4v) is 12.1. The number of ether oxygens (including phenoxy) is 3. The zero-order chi connectivity index (χ0) is 94.4. The first-order chi connectivity index (χ1) is 57.3. The number of nitrogen functional groups attached to an aromatic ring is 3.